The SMILES string of the molecule is FC(F)(F)c1cc(-c2cc(C=C(B(c3ccccc3)c3ccccc3)c3ccccc3)nc3ccccc23)cc(C(F)(F)F)c1. The Morgan fingerprint density at radius 1 is 0.556 bits per heavy atom. The van der Waals surface area contributed by atoms with Crippen molar-refractivity contribution in [3.8, 4) is 11.1 Å². The molecule has 0 aliphatic carbocycles. The molecule has 0 unspecified atom stereocenters. The summed E-state index contributed by atoms with van der Waals surface area (Å²) in [5.74, 6) is 0. The van der Waals surface area contributed by atoms with Crippen molar-refractivity contribution < 1.29 is 26.3 Å². The number of fused-ring (bicyclic) bond motifs is 1. The Balaban J connectivity index is 1.63. The number of hydrogen-bond acceptors (Lipinski definition) is 1. The Bertz CT molecular complexity index is 1900. The Kier molecular flexibility index (Phi) is 8.06. The lowest BCUT2D eigenvalue weighted by atomic mass is 9.35. The fourth-order valence-corrected chi connectivity index (χ4v) is 5.58. The van der Waals surface area contributed by atoms with Crippen LogP contribution in [-0.2, 0) is 12.4 Å². The highest BCUT2D eigenvalue weighted by Crippen LogP contribution is 2.40. The van der Waals surface area contributed by atoms with Gasteiger partial charge in [-0.15, -0.1) is 0 Å². The molecular weight excluding hydrogens is 583 g/mol. The summed E-state index contributed by atoms with van der Waals surface area (Å²) in [7, 11) is 0. The average molecular weight is 607 g/mol. The lowest BCUT2D eigenvalue weighted by molar-refractivity contribution is -0.143. The van der Waals surface area contributed by atoms with Crippen LogP contribution in [0.25, 0.3) is 33.6 Å². The Morgan fingerprint density at radius 3 is 1.58 bits per heavy atom. The number of halogens is 6. The lowest BCUT2D eigenvalue weighted by Crippen LogP contribution is -2.43. The molecule has 5 aromatic carbocycles. The van der Waals surface area contributed by atoms with Crippen molar-refractivity contribution in [2.75, 3.05) is 0 Å². The number of aromatic nitrogens is 1. The second-order valence-corrected chi connectivity index (χ2v) is 10.6. The van der Waals surface area contributed by atoms with Crippen molar-refractivity contribution in [1.29, 1.82) is 0 Å². The monoisotopic (exact) mass is 607 g/mol. The molecule has 45 heavy (non-hydrogen) atoms. The third kappa shape index (κ3) is 6.55. The van der Waals surface area contributed by atoms with E-state index in [0.717, 1.165) is 34.1 Å². The molecule has 0 aliphatic rings. The first-order valence-electron chi connectivity index (χ1n) is 14.1. The Hall–Kier alpha value is -5.11. The topological polar surface area (TPSA) is 12.9 Å². The van der Waals surface area contributed by atoms with Crippen molar-refractivity contribution in [2.45, 2.75) is 12.4 Å². The van der Waals surface area contributed by atoms with E-state index in [9.17, 15) is 26.3 Å². The molecule has 0 atom stereocenters. The van der Waals surface area contributed by atoms with Gasteiger partial charge in [0.1, 0.15) is 0 Å². The summed E-state index contributed by atoms with van der Waals surface area (Å²) in [5, 5.41) is 0.436. The number of para-hydroxylation sites is 1. The molecule has 0 spiro atoms. The number of hydrogen-bond donors (Lipinski definition) is 0. The largest absolute Gasteiger partial charge is 0.416 e. The molecule has 0 saturated carbocycles. The first kappa shape index (κ1) is 29.9. The van der Waals surface area contributed by atoms with Crippen molar-refractivity contribution in [3.63, 3.8) is 0 Å². The molecule has 6 rings (SSSR count). The number of pyridine rings is 1. The first-order valence-corrected chi connectivity index (χ1v) is 14.1. The number of benzene rings is 5. The van der Waals surface area contributed by atoms with E-state index in [1.165, 1.54) is 0 Å². The molecule has 1 heterocycles. The highest BCUT2D eigenvalue weighted by molar-refractivity contribution is 7.00. The van der Waals surface area contributed by atoms with Gasteiger partial charge < -0.3 is 0 Å². The molecule has 6 aromatic rings. The van der Waals surface area contributed by atoms with Crippen LogP contribution in [0.3, 0.4) is 0 Å². The lowest BCUT2D eigenvalue weighted by Gasteiger charge is -2.20. The predicted octanol–water partition coefficient (Wildman–Crippen LogP) is 9.33. The molecular formula is C37H24BF6N. The highest BCUT2D eigenvalue weighted by atomic mass is 19.4. The molecule has 222 valence electrons. The maximum absolute atomic E-state index is 13.8. The smallest absolute Gasteiger partial charge is 0.248 e. The van der Waals surface area contributed by atoms with Crippen LogP contribution in [0.5, 0.6) is 0 Å². The summed E-state index contributed by atoms with van der Waals surface area (Å²) in [6.45, 7) is -0.253. The summed E-state index contributed by atoms with van der Waals surface area (Å²) in [6, 6.07) is 39.4. The Morgan fingerprint density at radius 2 is 1.04 bits per heavy atom. The summed E-state index contributed by atoms with van der Waals surface area (Å²) < 4.78 is 83.0. The predicted molar refractivity (Wildman–Crippen MR) is 169 cm³/mol. The van der Waals surface area contributed by atoms with E-state index in [1.807, 2.05) is 97.1 Å². The van der Waals surface area contributed by atoms with Gasteiger partial charge in [-0.1, -0.05) is 126 Å². The van der Waals surface area contributed by atoms with Gasteiger partial charge in [0.2, 0.25) is 6.71 Å². The van der Waals surface area contributed by atoms with Crippen LogP contribution in [0.2, 0.25) is 0 Å². The van der Waals surface area contributed by atoms with Crippen molar-refractivity contribution in [1.82, 2.24) is 4.98 Å². The standard InChI is InChI=1S/C37H24BF6N/c39-36(40,41)27-20-26(21-28(22-27)37(42,43)44)33-23-31(45-35-19-11-10-18-32(33)35)24-34(25-12-4-1-5-13-25)38(29-14-6-2-7-15-29)30-16-8-3-9-17-30/h1-24H. The van der Waals surface area contributed by atoms with Gasteiger partial charge in [-0.3, -0.25) is 0 Å². The molecule has 0 aliphatic heterocycles. The number of alkyl halides is 6. The second kappa shape index (κ2) is 12.1. The van der Waals surface area contributed by atoms with Gasteiger partial charge in [-0.2, -0.15) is 26.3 Å². The van der Waals surface area contributed by atoms with Gasteiger partial charge in [0.05, 0.1) is 22.3 Å². The zero-order valence-electron chi connectivity index (χ0n) is 23.6. The van der Waals surface area contributed by atoms with E-state index >= 15 is 0 Å². The molecule has 0 bridgehead atoms. The quantitative estimate of drug-likeness (QED) is 0.136. The summed E-state index contributed by atoms with van der Waals surface area (Å²) in [6.07, 6.45) is -8.07. The normalized spacial score (nSPS) is 12.4. The zero-order valence-corrected chi connectivity index (χ0v) is 23.6. The second-order valence-electron chi connectivity index (χ2n) is 10.6. The average Bonchev–Trinajstić information content (AvgIpc) is 3.04. The van der Waals surface area contributed by atoms with Crippen LogP contribution in [0, 0.1) is 0 Å². The molecule has 8 heteroatoms. The van der Waals surface area contributed by atoms with Gasteiger partial charge in [-0.25, -0.2) is 4.98 Å². The van der Waals surface area contributed by atoms with Gasteiger partial charge in [0.15, 0.2) is 0 Å². The molecule has 0 radical (unpaired) electrons. The van der Waals surface area contributed by atoms with Crippen LogP contribution < -0.4 is 10.9 Å². The van der Waals surface area contributed by atoms with Gasteiger partial charge >= 0.3 is 12.4 Å². The van der Waals surface area contributed by atoms with Crippen molar-refractivity contribution >= 4 is 40.1 Å². The minimum absolute atomic E-state index is 0.144. The molecule has 0 N–H and O–H groups in total. The maximum Gasteiger partial charge on any atom is 0.416 e. The van der Waals surface area contributed by atoms with Crippen molar-refractivity contribution in [3.05, 3.63) is 162 Å². The van der Waals surface area contributed by atoms with Gasteiger partial charge in [0, 0.05) is 5.39 Å². The Labute approximate surface area is 256 Å². The van der Waals surface area contributed by atoms with Crippen LogP contribution >= 0.6 is 0 Å². The van der Waals surface area contributed by atoms with Crippen LogP contribution in [0.1, 0.15) is 22.4 Å². The summed E-state index contributed by atoms with van der Waals surface area (Å²) >= 11 is 0. The van der Waals surface area contributed by atoms with E-state index in [1.54, 1.807) is 30.3 Å². The molecule has 0 fully saturated rings. The van der Waals surface area contributed by atoms with E-state index in [0.29, 0.717) is 16.6 Å². The molecule has 0 saturated heterocycles. The molecule has 0 amide bonds. The van der Waals surface area contributed by atoms with Crippen molar-refractivity contribution in [2.24, 2.45) is 0 Å². The first-order chi connectivity index (χ1) is 21.6. The highest BCUT2D eigenvalue weighted by Gasteiger charge is 2.37. The molecule has 1 aromatic heterocycles. The van der Waals surface area contributed by atoms with E-state index in [-0.39, 0.29) is 23.9 Å². The number of rotatable bonds is 6. The summed E-state index contributed by atoms with van der Waals surface area (Å²) in [4.78, 5) is 4.82. The van der Waals surface area contributed by atoms with Crippen LogP contribution in [0.4, 0.5) is 26.3 Å². The van der Waals surface area contributed by atoms with Gasteiger partial charge in [0.25, 0.3) is 0 Å². The van der Waals surface area contributed by atoms with E-state index in [4.69, 9.17) is 4.98 Å². The minimum atomic E-state index is -4.97. The fraction of sp³-hybridized carbons (Fsp3) is 0.0541. The maximum atomic E-state index is 13.8. The van der Waals surface area contributed by atoms with E-state index < -0.39 is 23.5 Å². The van der Waals surface area contributed by atoms with Crippen LogP contribution in [-0.4, -0.2) is 11.7 Å². The van der Waals surface area contributed by atoms with Gasteiger partial charge in [-0.05, 0) is 53.1 Å². The minimum Gasteiger partial charge on any atom is -0.248 e. The molecule has 1 nitrogen and oxygen atoms in total. The third-order valence-electron chi connectivity index (χ3n) is 7.62. The van der Waals surface area contributed by atoms with E-state index in [2.05, 4.69) is 0 Å². The number of nitrogens with zero attached hydrogens (tertiary/aromatic N) is 1. The fourth-order valence-electron chi connectivity index (χ4n) is 5.58. The summed E-state index contributed by atoms with van der Waals surface area (Å²) in [5.41, 5.74) is 1.88. The zero-order chi connectivity index (χ0) is 31.6. The third-order valence-corrected chi connectivity index (χ3v) is 7.62. The van der Waals surface area contributed by atoms with Crippen LogP contribution in [0.15, 0.2) is 140 Å².